The van der Waals surface area contributed by atoms with E-state index in [2.05, 4.69) is 15.9 Å². The second-order valence-corrected chi connectivity index (χ2v) is 5.23. The van der Waals surface area contributed by atoms with Crippen molar-refractivity contribution in [2.75, 3.05) is 7.11 Å². The first-order valence-corrected chi connectivity index (χ1v) is 6.26. The van der Waals surface area contributed by atoms with Crippen molar-refractivity contribution in [3.63, 3.8) is 0 Å². The Hall–Kier alpha value is -0.900. The standard InChI is InChI=1S/C13H16BrFO2/c1-8(2)11(13(16)17-3)7-9-6-10(14)4-5-12(9)15/h4-6,8,11H,7H2,1-3H3. The Morgan fingerprint density at radius 1 is 1.47 bits per heavy atom. The van der Waals surface area contributed by atoms with E-state index in [1.165, 1.54) is 13.2 Å². The molecular weight excluding hydrogens is 287 g/mol. The van der Waals surface area contributed by atoms with E-state index in [9.17, 15) is 9.18 Å². The van der Waals surface area contributed by atoms with Gasteiger partial charge in [0.1, 0.15) is 5.82 Å². The second-order valence-electron chi connectivity index (χ2n) is 4.31. The Bertz CT molecular complexity index is 404. The van der Waals surface area contributed by atoms with Crippen LogP contribution in [0.3, 0.4) is 0 Å². The molecule has 1 rings (SSSR count). The van der Waals surface area contributed by atoms with Gasteiger partial charge < -0.3 is 4.74 Å². The fourth-order valence-electron chi connectivity index (χ4n) is 1.68. The van der Waals surface area contributed by atoms with E-state index in [1.807, 2.05) is 13.8 Å². The van der Waals surface area contributed by atoms with Crippen molar-refractivity contribution in [2.45, 2.75) is 20.3 Å². The Morgan fingerprint density at radius 2 is 2.12 bits per heavy atom. The number of hydrogen-bond donors (Lipinski definition) is 0. The molecular formula is C13H16BrFO2. The highest BCUT2D eigenvalue weighted by atomic mass is 79.9. The van der Waals surface area contributed by atoms with Gasteiger partial charge in [-0.2, -0.15) is 0 Å². The summed E-state index contributed by atoms with van der Waals surface area (Å²) in [4.78, 5) is 11.6. The van der Waals surface area contributed by atoms with E-state index in [-0.39, 0.29) is 23.6 Å². The number of methoxy groups -OCH3 is 1. The highest BCUT2D eigenvalue weighted by Gasteiger charge is 2.24. The molecule has 1 atom stereocenters. The molecule has 0 aliphatic rings. The lowest BCUT2D eigenvalue weighted by Crippen LogP contribution is -2.24. The van der Waals surface area contributed by atoms with E-state index in [4.69, 9.17) is 4.74 Å². The maximum atomic E-state index is 13.6. The molecule has 0 fully saturated rings. The first kappa shape index (κ1) is 14.2. The molecule has 4 heteroatoms. The van der Waals surface area contributed by atoms with Crippen LogP contribution in [-0.2, 0) is 16.0 Å². The van der Waals surface area contributed by atoms with Crippen LogP contribution in [-0.4, -0.2) is 13.1 Å². The molecule has 0 saturated heterocycles. The van der Waals surface area contributed by atoms with Crippen molar-refractivity contribution in [3.05, 3.63) is 34.1 Å². The third-order valence-corrected chi connectivity index (χ3v) is 3.25. The highest BCUT2D eigenvalue weighted by molar-refractivity contribution is 9.10. The number of esters is 1. The maximum Gasteiger partial charge on any atom is 0.309 e. The third-order valence-electron chi connectivity index (χ3n) is 2.76. The third kappa shape index (κ3) is 3.80. The summed E-state index contributed by atoms with van der Waals surface area (Å²) >= 11 is 3.29. The van der Waals surface area contributed by atoms with Crippen LogP contribution in [0.1, 0.15) is 19.4 Å². The molecule has 0 heterocycles. The molecule has 0 aliphatic heterocycles. The number of hydrogen-bond acceptors (Lipinski definition) is 2. The molecule has 1 unspecified atom stereocenters. The van der Waals surface area contributed by atoms with Crippen LogP contribution in [0.2, 0.25) is 0 Å². The van der Waals surface area contributed by atoms with Crippen LogP contribution in [0.5, 0.6) is 0 Å². The fraction of sp³-hybridized carbons (Fsp3) is 0.462. The van der Waals surface area contributed by atoms with Gasteiger partial charge in [-0.1, -0.05) is 29.8 Å². The monoisotopic (exact) mass is 302 g/mol. The van der Waals surface area contributed by atoms with Gasteiger partial charge in [0.2, 0.25) is 0 Å². The predicted molar refractivity (Wildman–Crippen MR) is 68.1 cm³/mol. The minimum atomic E-state index is -0.316. The van der Waals surface area contributed by atoms with Crippen molar-refractivity contribution in [1.82, 2.24) is 0 Å². The summed E-state index contributed by atoms with van der Waals surface area (Å²) in [6.45, 7) is 3.86. The van der Waals surface area contributed by atoms with E-state index in [0.29, 0.717) is 12.0 Å². The molecule has 0 saturated carbocycles. The lowest BCUT2D eigenvalue weighted by Gasteiger charge is -2.18. The van der Waals surface area contributed by atoms with E-state index in [1.54, 1.807) is 12.1 Å². The molecule has 0 radical (unpaired) electrons. The molecule has 0 aromatic heterocycles. The lowest BCUT2D eigenvalue weighted by atomic mass is 9.89. The fourth-order valence-corrected chi connectivity index (χ4v) is 2.09. The lowest BCUT2D eigenvalue weighted by molar-refractivity contribution is -0.146. The van der Waals surface area contributed by atoms with Gasteiger partial charge in [-0.25, -0.2) is 4.39 Å². The number of rotatable bonds is 4. The smallest absolute Gasteiger partial charge is 0.309 e. The van der Waals surface area contributed by atoms with Gasteiger partial charge in [0.05, 0.1) is 13.0 Å². The van der Waals surface area contributed by atoms with Crippen LogP contribution in [0.15, 0.2) is 22.7 Å². The van der Waals surface area contributed by atoms with Crippen LogP contribution in [0, 0.1) is 17.7 Å². The van der Waals surface area contributed by atoms with Crippen molar-refractivity contribution in [3.8, 4) is 0 Å². The molecule has 0 aliphatic carbocycles. The van der Waals surface area contributed by atoms with Crippen molar-refractivity contribution < 1.29 is 13.9 Å². The van der Waals surface area contributed by atoms with Crippen LogP contribution in [0.25, 0.3) is 0 Å². The summed E-state index contributed by atoms with van der Waals surface area (Å²) in [6, 6.07) is 4.74. The van der Waals surface area contributed by atoms with Crippen LogP contribution < -0.4 is 0 Å². The number of benzene rings is 1. The number of halogens is 2. The van der Waals surface area contributed by atoms with Gasteiger partial charge in [0, 0.05) is 4.47 Å². The zero-order valence-corrected chi connectivity index (χ0v) is 11.8. The van der Waals surface area contributed by atoms with Crippen molar-refractivity contribution >= 4 is 21.9 Å². The molecule has 94 valence electrons. The van der Waals surface area contributed by atoms with Gasteiger partial charge in [0.15, 0.2) is 0 Å². The van der Waals surface area contributed by atoms with Gasteiger partial charge >= 0.3 is 5.97 Å². The number of carbonyl (C=O) groups is 1. The zero-order chi connectivity index (χ0) is 13.0. The Labute approximate surface area is 109 Å². The van der Waals surface area contributed by atoms with Gasteiger partial charge in [0.25, 0.3) is 0 Å². The number of carbonyl (C=O) groups excluding carboxylic acids is 1. The summed E-state index contributed by atoms with van der Waals surface area (Å²) in [6.07, 6.45) is 0.357. The van der Waals surface area contributed by atoms with Gasteiger partial charge in [-0.15, -0.1) is 0 Å². The summed E-state index contributed by atoms with van der Waals surface area (Å²) in [5.41, 5.74) is 0.531. The Kier molecular flexibility index (Phi) is 5.12. The van der Waals surface area contributed by atoms with Gasteiger partial charge in [-0.05, 0) is 36.1 Å². The summed E-state index contributed by atoms with van der Waals surface area (Å²) in [5, 5.41) is 0. The highest BCUT2D eigenvalue weighted by Crippen LogP contribution is 2.23. The van der Waals surface area contributed by atoms with Crippen LogP contribution in [0.4, 0.5) is 4.39 Å². The van der Waals surface area contributed by atoms with E-state index < -0.39 is 0 Å². The molecule has 0 spiro atoms. The SMILES string of the molecule is COC(=O)C(Cc1cc(Br)ccc1F)C(C)C. The summed E-state index contributed by atoms with van der Waals surface area (Å²) in [5.74, 6) is -0.785. The van der Waals surface area contributed by atoms with Crippen LogP contribution >= 0.6 is 15.9 Å². The predicted octanol–water partition coefficient (Wildman–Crippen LogP) is 3.58. The summed E-state index contributed by atoms with van der Waals surface area (Å²) < 4.78 is 19.1. The maximum absolute atomic E-state index is 13.6. The largest absolute Gasteiger partial charge is 0.469 e. The quantitative estimate of drug-likeness (QED) is 0.795. The van der Waals surface area contributed by atoms with E-state index in [0.717, 1.165) is 4.47 Å². The zero-order valence-electron chi connectivity index (χ0n) is 10.2. The summed E-state index contributed by atoms with van der Waals surface area (Å²) in [7, 11) is 1.36. The number of ether oxygens (including phenoxy) is 1. The molecule has 0 amide bonds. The first-order chi connectivity index (χ1) is 7.95. The average Bonchev–Trinajstić information content (AvgIpc) is 2.28. The molecule has 2 nitrogen and oxygen atoms in total. The Balaban J connectivity index is 2.93. The molecule has 1 aromatic rings. The second kappa shape index (κ2) is 6.15. The molecule has 0 bridgehead atoms. The minimum Gasteiger partial charge on any atom is -0.469 e. The van der Waals surface area contributed by atoms with Gasteiger partial charge in [-0.3, -0.25) is 4.79 Å². The van der Waals surface area contributed by atoms with Crippen molar-refractivity contribution in [2.24, 2.45) is 11.8 Å². The molecule has 1 aromatic carbocycles. The first-order valence-electron chi connectivity index (χ1n) is 5.47. The van der Waals surface area contributed by atoms with Crippen molar-refractivity contribution in [1.29, 1.82) is 0 Å². The Morgan fingerprint density at radius 3 is 2.65 bits per heavy atom. The van der Waals surface area contributed by atoms with E-state index >= 15 is 0 Å². The topological polar surface area (TPSA) is 26.3 Å². The molecule has 0 N–H and O–H groups in total. The minimum absolute atomic E-state index is 0.112. The molecule has 17 heavy (non-hydrogen) atoms. The average molecular weight is 303 g/mol. The normalized spacial score (nSPS) is 12.6.